The summed E-state index contributed by atoms with van der Waals surface area (Å²) in [6.45, 7) is 0. The summed E-state index contributed by atoms with van der Waals surface area (Å²) in [4.78, 5) is 10.3. The molecule has 1 fully saturated rings. The van der Waals surface area contributed by atoms with E-state index in [4.69, 9.17) is 0 Å². The third-order valence-corrected chi connectivity index (χ3v) is 4.98. The predicted molar refractivity (Wildman–Crippen MR) is 75.3 cm³/mol. The first-order chi connectivity index (χ1) is 8.56. The zero-order chi connectivity index (χ0) is 13.1. The van der Waals surface area contributed by atoms with Gasteiger partial charge < -0.3 is 5.32 Å². The van der Waals surface area contributed by atoms with E-state index in [2.05, 4.69) is 21.2 Å². The van der Waals surface area contributed by atoms with Gasteiger partial charge in [-0.3, -0.25) is 14.3 Å². The Morgan fingerprint density at radius 3 is 2.67 bits per heavy atom. The Balaban J connectivity index is 2.10. The average molecular weight is 333 g/mol. The lowest BCUT2D eigenvalue weighted by molar-refractivity contribution is -0.384. The summed E-state index contributed by atoms with van der Waals surface area (Å²) in [5.74, 6) is 1.40. The number of hydrogen-bond acceptors (Lipinski definition) is 4. The maximum Gasteiger partial charge on any atom is 0.271 e. The van der Waals surface area contributed by atoms with Gasteiger partial charge in [0.15, 0.2) is 0 Å². The van der Waals surface area contributed by atoms with Gasteiger partial charge in [0.25, 0.3) is 5.69 Å². The second kappa shape index (κ2) is 5.79. The number of nitrogens with one attached hydrogen (secondary N) is 1. The summed E-state index contributed by atoms with van der Waals surface area (Å²) >= 11 is 3.37. The van der Waals surface area contributed by atoms with Crippen LogP contribution in [0.3, 0.4) is 0 Å². The molecular weight excluding hydrogens is 320 g/mol. The first-order valence-electron chi connectivity index (χ1n) is 5.61. The van der Waals surface area contributed by atoms with Crippen molar-refractivity contribution in [2.45, 2.75) is 18.9 Å². The van der Waals surface area contributed by atoms with E-state index in [9.17, 15) is 14.3 Å². The first kappa shape index (κ1) is 13.5. The van der Waals surface area contributed by atoms with E-state index < -0.39 is 15.7 Å². The van der Waals surface area contributed by atoms with Gasteiger partial charge >= 0.3 is 0 Å². The Kier molecular flexibility index (Phi) is 4.34. The molecule has 18 heavy (non-hydrogen) atoms. The molecule has 0 spiro atoms. The van der Waals surface area contributed by atoms with E-state index in [1.807, 2.05) is 0 Å². The average Bonchev–Trinajstić information content (AvgIpc) is 2.34. The van der Waals surface area contributed by atoms with Crippen LogP contribution in [0.4, 0.5) is 11.4 Å². The minimum atomic E-state index is -0.696. The third kappa shape index (κ3) is 3.29. The summed E-state index contributed by atoms with van der Waals surface area (Å²) in [6.07, 6.45) is 1.67. The van der Waals surface area contributed by atoms with Gasteiger partial charge in [-0.05, 0) is 34.8 Å². The van der Waals surface area contributed by atoms with E-state index in [1.54, 1.807) is 6.07 Å². The second-order valence-electron chi connectivity index (χ2n) is 4.19. The topological polar surface area (TPSA) is 72.2 Å². The molecule has 0 atom stereocenters. The molecule has 0 saturated carbocycles. The maximum absolute atomic E-state index is 11.3. The van der Waals surface area contributed by atoms with Gasteiger partial charge in [-0.2, -0.15) is 0 Å². The van der Waals surface area contributed by atoms with Gasteiger partial charge in [0, 0.05) is 45.0 Å². The molecule has 0 aliphatic carbocycles. The highest BCUT2D eigenvalue weighted by Crippen LogP contribution is 2.29. The predicted octanol–water partition coefficient (Wildman–Crippen LogP) is 2.68. The number of nitro benzene ring substituents is 1. The zero-order valence-corrected chi connectivity index (χ0v) is 12.0. The highest BCUT2D eigenvalue weighted by atomic mass is 79.9. The molecule has 0 radical (unpaired) electrons. The minimum absolute atomic E-state index is 0.0695. The Hall–Kier alpha value is -0.950. The van der Waals surface area contributed by atoms with Crippen molar-refractivity contribution in [1.29, 1.82) is 0 Å². The maximum atomic E-state index is 11.3. The smallest absolute Gasteiger partial charge is 0.271 e. The van der Waals surface area contributed by atoms with Crippen LogP contribution < -0.4 is 5.32 Å². The summed E-state index contributed by atoms with van der Waals surface area (Å²) in [7, 11) is -0.696. The summed E-state index contributed by atoms with van der Waals surface area (Å²) in [6, 6.07) is 4.89. The van der Waals surface area contributed by atoms with Gasteiger partial charge in [0.1, 0.15) is 0 Å². The van der Waals surface area contributed by atoms with Crippen molar-refractivity contribution in [2.24, 2.45) is 0 Å². The van der Waals surface area contributed by atoms with Crippen molar-refractivity contribution in [1.82, 2.24) is 0 Å². The van der Waals surface area contributed by atoms with E-state index in [0.29, 0.717) is 11.5 Å². The molecule has 0 unspecified atom stereocenters. The van der Waals surface area contributed by atoms with Crippen molar-refractivity contribution in [3.05, 3.63) is 32.8 Å². The van der Waals surface area contributed by atoms with Crippen LogP contribution in [0.25, 0.3) is 0 Å². The third-order valence-electron chi connectivity index (χ3n) is 2.91. The van der Waals surface area contributed by atoms with Gasteiger partial charge in [0.05, 0.1) is 10.6 Å². The van der Waals surface area contributed by atoms with Gasteiger partial charge in [-0.25, -0.2) is 0 Å². The largest absolute Gasteiger partial charge is 0.381 e. The number of anilines is 1. The molecule has 1 aromatic carbocycles. The first-order valence-corrected chi connectivity index (χ1v) is 7.90. The van der Waals surface area contributed by atoms with Gasteiger partial charge in [0.2, 0.25) is 0 Å². The number of hydrogen-bond donors (Lipinski definition) is 1. The molecule has 2 rings (SSSR count). The fourth-order valence-corrected chi connectivity index (χ4v) is 3.56. The summed E-state index contributed by atoms with van der Waals surface area (Å²) in [5, 5.41) is 14.0. The molecule has 1 aromatic rings. The minimum Gasteiger partial charge on any atom is -0.381 e. The molecule has 0 aromatic heterocycles. The Morgan fingerprint density at radius 2 is 2.06 bits per heavy atom. The Bertz CT molecular complexity index is 485. The molecular formula is C11H13BrN2O3S. The molecule has 1 heterocycles. The van der Waals surface area contributed by atoms with Crippen molar-refractivity contribution in [2.75, 3.05) is 16.8 Å². The van der Waals surface area contributed by atoms with E-state index >= 15 is 0 Å². The molecule has 0 amide bonds. The summed E-state index contributed by atoms with van der Waals surface area (Å²) in [5.41, 5.74) is 0.793. The number of non-ortho nitro benzene ring substituents is 1. The Morgan fingerprint density at radius 1 is 1.39 bits per heavy atom. The molecule has 5 nitrogen and oxygen atoms in total. The second-order valence-corrected chi connectivity index (χ2v) is 6.74. The molecule has 1 saturated heterocycles. The lowest BCUT2D eigenvalue weighted by Gasteiger charge is -2.24. The number of benzene rings is 1. The normalized spacial score (nSPS) is 23.6. The lowest BCUT2D eigenvalue weighted by Crippen LogP contribution is -2.29. The van der Waals surface area contributed by atoms with Crippen LogP contribution in [0.2, 0.25) is 0 Å². The van der Waals surface area contributed by atoms with Gasteiger partial charge in [-0.15, -0.1) is 0 Å². The van der Waals surface area contributed by atoms with Crippen molar-refractivity contribution < 1.29 is 9.13 Å². The lowest BCUT2D eigenvalue weighted by atomic mass is 10.1. The molecule has 1 N–H and O–H groups in total. The van der Waals surface area contributed by atoms with Crippen LogP contribution in [-0.2, 0) is 10.8 Å². The monoisotopic (exact) mass is 332 g/mol. The van der Waals surface area contributed by atoms with Crippen LogP contribution in [0.1, 0.15) is 12.8 Å². The summed E-state index contributed by atoms with van der Waals surface area (Å²) < 4.78 is 12.1. The molecule has 98 valence electrons. The molecule has 0 bridgehead atoms. The van der Waals surface area contributed by atoms with Crippen molar-refractivity contribution in [3.63, 3.8) is 0 Å². The van der Waals surface area contributed by atoms with E-state index in [0.717, 1.165) is 23.0 Å². The number of rotatable bonds is 3. The van der Waals surface area contributed by atoms with Crippen LogP contribution >= 0.6 is 15.9 Å². The standard InChI is InChI=1S/C11H13BrN2O3S/c12-10-2-1-9(14(15)16)7-11(10)13-8-3-5-18(17)6-4-8/h1-2,7-8,13H,3-6H2. The fraction of sp³-hybridized carbons (Fsp3) is 0.455. The molecule has 7 heteroatoms. The highest BCUT2D eigenvalue weighted by Gasteiger charge is 2.19. The SMILES string of the molecule is O=[N+]([O-])c1ccc(Br)c(NC2CCS(=O)CC2)c1. The van der Waals surface area contributed by atoms with Crippen molar-refractivity contribution >= 4 is 38.1 Å². The molecule has 1 aliphatic heterocycles. The fourth-order valence-electron chi connectivity index (χ4n) is 1.90. The molecule has 1 aliphatic rings. The van der Waals surface area contributed by atoms with Gasteiger partial charge in [-0.1, -0.05) is 0 Å². The van der Waals surface area contributed by atoms with Crippen molar-refractivity contribution in [3.8, 4) is 0 Å². The number of nitrogens with zero attached hydrogens (tertiary/aromatic N) is 1. The van der Waals surface area contributed by atoms with E-state index in [1.165, 1.54) is 12.1 Å². The van der Waals surface area contributed by atoms with Crippen LogP contribution in [0, 0.1) is 10.1 Å². The highest BCUT2D eigenvalue weighted by molar-refractivity contribution is 9.10. The quantitative estimate of drug-likeness (QED) is 0.682. The zero-order valence-electron chi connectivity index (χ0n) is 9.60. The Labute approximate surface area is 116 Å². The number of halogens is 1. The van der Waals surface area contributed by atoms with E-state index in [-0.39, 0.29) is 11.7 Å². The van der Waals surface area contributed by atoms with Crippen LogP contribution in [-0.4, -0.2) is 26.7 Å². The van der Waals surface area contributed by atoms with Crippen LogP contribution in [0.15, 0.2) is 22.7 Å². The van der Waals surface area contributed by atoms with Crippen LogP contribution in [0.5, 0.6) is 0 Å². The number of nitro groups is 1.